The van der Waals surface area contributed by atoms with E-state index in [9.17, 15) is 5.26 Å². The summed E-state index contributed by atoms with van der Waals surface area (Å²) in [6, 6.07) is 10.2. The Morgan fingerprint density at radius 3 is 2.68 bits per heavy atom. The van der Waals surface area contributed by atoms with Crippen LogP contribution < -0.4 is 4.74 Å². The van der Waals surface area contributed by atoms with E-state index in [1.165, 1.54) is 0 Å². The third-order valence-electron chi connectivity index (χ3n) is 4.37. The maximum atomic E-state index is 9.67. The number of benzene rings is 1. The molecule has 124 valence electrons. The minimum atomic E-state index is 0.349. The number of rotatable bonds is 3. The second kappa shape index (κ2) is 5.71. The minimum Gasteiger partial charge on any atom is -0.477 e. The van der Waals surface area contributed by atoms with Gasteiger partial charge in [-0.1, -0.05) is 19.1 Å². The summed E-state index contributed by atoms with van der Waals surface area (Å²) in [5.41, 5.74) is 4.60. The first-order valence-electron chi connectivity index (χ1n) is 8.32. The highest BCUT2D eigenvalue weighted by atomic mass is 16.5. The first-order valence-corrected chi connectivity index (χ1v) is 8.32. The van der Waals surface area contributed by atoms with Crippen molar-refractivity contribution in [3.63, 3.8) is 0 Å². The van der Waals surface area contributed by atoms with Crippen LogP contribution in [-0.4, -0.2) is 26.0 Å². The zero-order chi connectivity index (χ0) is 17.6. The third kappa shape index (κ3) is 2.13. The monoisotopic (exact) mass is 331 g/mol. The van der Waals surface area contributed by atoms with E-state index in [-0.39, 0.29) is 0 Å². The van der Waals surface area contributed by atoms with Crippen molar-refractivity contribution in [1.82, 2.24) is 19.4 Å². The smallest absolute Gasteiger partial charge is 0.234 e. The van der Waals surface area contributed by atoms with Gasteiger partial charge in [-0.3, -0.25) is 4.40 Å². The number of hydrogen-bond donors (Lipinski definition) is 0. The van der Waals surface area contributed by atoms with E-state index in [4.69, 9.17) is 9.72 Å². The predicted octanol–water partition coefficient (Wildman–Crippen LogP) is 3.57. The highest BCUT2D eigenvalue weighted by Gasteiger charge is 2.21. The molecule has 0 aliphatic rings. The summed E-state index contributed by atoms with van der Waals surface area (Å²) in [5, 5.41) is 10.5. The van der Waals surface area contributed by atoms with Gasteiger partial charge in [0.25, 0.3) is 0 Å². The van der Waals surface area contributed by atoms with Gasteiger partial charge in [-0.25, -0.2) is 9.97 Å². The highest BCUT2D eigenvalue weighted by molar-refractivity contribution is 5.98. The molecule has 0 atom stereocenters. The van der Waals surface area contributed by atoms with Crippen LogP contribution in [0.1, 0.15) is 30.8 Å². The Bertz CT molecular complexity index is 1170. The number of fused-ring (bicyclic) bond motifs is 5. The van der Waals surface area contributed by atoms with Crippen LogP contribution >= 0.6 is 0 Å². The Kier molecular flexibility index (Phi) is 3.50. The molecule has 6 heteroatoms. The van der Waals surface area contributed by atoms with E-state index in [1.54, 1.807) is 0 Å². The van der Waals surface area contributed by atoms with E-state index in [0.717, 1.165) is 33.5 Å². The third-order valence-corrected chi connectivity index (χ3v) is 4.37. The summed E-state index contributed by atoms with van der Waals surface area (Å²) in [5.74, 6) is 1.15. The number of aryl methyl sites for hydroxylation is 2. The average Bonchev–Trinajstić information content (AvgIpc) is 3.01. The lowest BCUT2D eigenvalue weighted by molar-refractivity contribution is 0.326. The SMILES string of the molecule is CCOc1nc2nc(C)n3c4ccccc4nc3c2c(CC)c1C#N. The van der Waals surface area contributed by atoms with E-state index >= 15 is 0 Å². The molecule has 0 spiro atoms. The molecule has 0 bridgehead atoms. The molecule has 25 heavy (non-hydrogen) atoms. The normalized spacial score (nSPS) is 11.3. The van der Waals surface area contributed by atoms with Crippen LogP contribution in [-0.2, 0) is 6.42 Å². The van der Waals surface area contributed by atoms with Gasteiger partial charge in [-0.2, -0.15) is 10.2 Å². The molecule has 4 aromatic rings. The fourth-order valence-corrected chi connectivity index (χ4v) is 3.35. The van der Waals surface area contributed by atoms with Crippen LogP contribution in [0.2, 0.25) is 0 Å². The summed E-state index contributed by atoms with van der Waals surface area (Å²) in [6.07, 6.45) is 0.672. The van der Waals surface area contributed by atoms with Gasteiger partial charge in [0.15, 0.2) is 11.3 Å². The molecule has 4 rings (SSSR count). The van der Waals surface area contributed by atoms with Gasteiger partial charge in [0, 0.05) is 0 Å². The van der Waals surface area contributed by atoms with Crippen molar-refractivity contribution in [3.05, 3.63) is 41.2 Å². The van der Waals surface area contributed by atoms with Crippen LogP contribution in [0.4, 0.5) is 0 Å². The molecular formula is C19H17N5O. The van der Waals surface area contributed by atoms with Gasteiger partial charge in [-0.05, 0) is 38.0 Å². The number of aromatic nitrogens is 4. The van der Waals surface area contributed by atoms with Crippen molar-refractivity contribution in [3.8, 4) is 11.9 Å². The average molecular weight is 331 g/mol. The summed E-state index contributed by atoms with van der Waals surface area (Å²) < 4.78 is 7.62. The maximum Gasteiger partial charge on any atom is 0.234 e. The van der Waals surface area contributed by atoms with E-state index in [0.29, 0.717) is 30.1 Å². The van der Waals surface area contributed by atoms with Crippen molar-refractivity contribution < 1.29 is 4.74 Å². The van der Waals surface area contributed by atoms with Crippen LogP contribution in [0.5, 0.6) is 5.88 Å². The Morgan fingerprint density at radius 2 is 1.96 bits per heavy atom. The number of ether oxygens (including phenoxy) is 1. The van der Waals surface area contributed by atoms with Gasteiger partial charge in [0.2, 0.25) is 5.88 Å². The first kappa shape index (κ1) is 15.3. The summed E-state index contributed by atoms with van der Waals surface area (Å²) >= 11 is 0. The molecular weight excluding hydrogens is 314 g/mol. The van der Waals surface area contributed by atoms with Gasteiger partial charge < -0.3 is 4.74 Å². The standard InChI is InChI=1S/C19H17N5O/c1-4-12-13(10-20)19(25-5-2)23-17-16(12)18-22-14-8-6-7-9-15(14)24(18)11(3)21-17/h6-9H,4-5H2,1-3H3. The molecule has 0 radical (unpaired) electrons. The van der Waals surface area contributed by atoms with Crippen molar-refractivity contribution in [2.45, 2.75) is 27.2 Å². The molecule has 0 saturated heterocycles. The lowest BCUT2D eigenvalue weighted by Gasteiger charge is -2.13. The van der Waals surface area contributed by atoms with Gasteiger partial charge >= 0.3 is 0 Å². The van der Waals surface area contributed by atoms with Crippen LogP contribution in [0, 0.1) is 18.3 Å². The molecule has 0 fully saturated rings. The molecule has 3 heterocycles. The fraction of sp³-hybridized carbons (Fsp3) is 0.263. The zero-order valence-electron chi connectivity index (χ0n) is 14.4. The van der Waals surface area contributed by atoms with Crippen LogP contribution in [0.15, 0.2) is 24.3 Å². The highest BCUT2D eigenvalue weighted by Crippen LogP contribution is 2.32. The lowest BCUT2D eigenvalue weighted by atomic mass is 10.0. The number of hydrogen-bond acceptors (Lipinski definition) is 5. The zero-order valence-corrected chi connectivity index (χ0v) is 14.4. The van der Waals surface area contributed by atoms with E-state index in [2.05, 4.69) is 16.0 Å². The van der Waals surface area contributed by atoms with Crippen molar-refractivity contribution in [2.24, 2.45) is 0 Å². The predicted molar refractivity (Wildman–Crippen MR) is 95.8 cm³/mol. The molecule has 0 aliphatic carbocycles. The van der Waals surface area contributed by atoms with Crippen molar-refractivity contribution in [2.75, 3.05) is 6.61 Å². The molecule has 6 nitrogen and oxygen atoms in total. The number of para-hydroxylation sites is 2. The topological polar surface area (TPSA) is 76.1 Å². The second-order valence-corrected chi connectivity index (χ2v) is 5.79. The molecule has 1 aromatic carbocycles. The number of imidazole rings is 1. The molecule has 0 unspecified atom stereocenters. The number of nitrogens with zero attached hydrogens (tertiary/aromatic N) is 5. The Labute approximate surface area is 144 Å². The van der Waals surface area contributed by atoms with Crippen molar-refractivity contribution in [1.29, 1.82) is 5.26 Å². The number of pyridine rings is 1. The summed E-state index contributed by atoms with van der Waals surface area (Å²) in [7, 11) is 0. The van der Waals surface area contributed by atoms with Gasteiger partial charge in [-0.15, -0.1) is 0 Å². The molecule has 0 N–H and O–H groups in total. The van der Waals surface area contributed by atoms with Crippen molar-refractivity contribution >= 4 is 27.7 Å². The number of nitriles is 1. The van der Waals surface area contributed by atoms with Gasteiger partial charge in [0.1, 0.15) is 17.5 Å². The molecule has 0 saturated carbocycles. The van der Waals surface area contributed by atoms with Crippen LogP contribution in [0.25, 0.3) is 27.7 Å². The molecule has 0 amide bonds. The van der Waals surface area contributed by atoms with E-state index in [1.807, 2.05) is 49.4 Å². The Hall–Kier alpha value is -3.20. The summed E-state index contributed by atoms with van der Waals surface area (Å²) in [4.78, 5) is 14.0. The lowest BCUT2D eigenvalue weighted by Crippen LogP contribution is -2.06. The Morgan fingerprint density at radius 1 is 1.16 bits per heavy atom. The maximum absolute atomic E-state index is 9.67. The summed E-state index contributed by atoms with van der Waals surface area (Å²) in [6.45, 7) is 6.28. The molecule has 0 aliphatic heterocycles. The second-order valence-electron chi connectivity index (χ2n) is 5.79. The van der Waals surface area contributed by atoms with E-state index < -0.39 is 0 Å². The molecule has 3 aromatic heterocycles. The Balaban J connectivity index is 2.26. The first-order chi connectivity index (χ1) is 12.2. The van der Waals surface area contributed by atoms with Crippen LogP contribution in [0.3, 0.4) is 0 Å². The minimum absolute atomic E-state index is 0.349. The van der Waals surface area contributed by atoms with Gasteiger partial charge in [0.05, 0.1) is 23.0 Å². The largest absolute Gasteiger partial charge is 0.477 e. The quantitative estimate of drug-likeness (QED) is 0.573. The fourth-order valence-electron chi connectivity index (χ4n) is 3.35.